The molecule has 0 aromatic heterocycles. The van der Waals surface area contributed by atoms with Gasteiger partial charge in [-0.15, -0.1) is 0 Å². The average Bonchev–Trinajstić information content (AvgIpc) is 3.20. The molecule has 0 unspecified atom stereocenters. The summed E-state index contributed by atoms with van der Waals surface area (Å²) < 4.78 is 18.4. The third-order valence-electron chi connectivity index (χ3n) is 8.86. The Balaban J connectivity index is 1.68. The van der Waals surface area contributed by atoms with Gasteiger partial charge in [0.1, 0.15) is 6.61 Å². The largest absolute Gasteiger partial charge is 0.481 e. The summed E-state index contributed by atoms with van der Waals surface area (Å²) in [5, 5.41) is 12.9. The van der Waals surface area contributed by atoms with Gasteiger partial charge in [-0.05, 0) is 69.1 Å². The van der Waals surface area contributed by atoms with Crippen LogP contribution < -0.4 is 16.5 Å². The molecule has 1 amide bonds. The first kappa shape index (κ1) is 31.3. The maximum Gasteiger partial charge on any atom is 0.481 e. The molecule has 3 saturated carbocycles. The molecule has 1 saturated heterocycles. The molecule has 0 radical (unpaired) electrons. The van der Waals surface area contributed by atoms with E-state index in [1.807, 2.05) is 0 Å². The summed E-state index contributed by atoms with van der Waals surface area (Å²) in [5.41, 5.74) is 7.10. The zero-order valence-corrected chi connectivity index (χ0v) is 24.2. The van der Waals surface area contributed by atoms with E-state index in [-0.39, 0.29) is 66.2 Å². The van der Waals surface area contributed by atoms with Crippen LogP contribution in [0.2, 0.25) is 0 Å². The van der Waals surface area contributed by atoms with Gasteiger partial charge < -0.3 is 25.1 Å². The van der Waals surface area contributed by atoms with Crippen LogP contribution in [-0.4, -0.2) is 67.2 Å². The summed E-state index contributed by atoms with van der Waals surface area (Å²) in [5.74, 6) is -0.368. The van der Waals surface area contributed by atoms with Gasteiger partial charge in [-0.2, -0.15) is 0 Å². The zero-order chi connectivity index (χ0) is 29.0. The van der Waals surface area contributed by atoms with E-state index >= 15 is 0 Å². The van der Waals surface area contributed by atoms with E-state index in [1.165, 1.54) is 0 Å². The van der Waals surface area contributed by atoms with Crippen LogP contribution in [0.5, 0.6) is 0 Å². The fourth-order valence-corrected chi connectivity index (χ4v) is 6.66. The van der Waals surface area contributed by atoms with Gasteiger partial charge in [-0.3, -0.25) is 9.59 Å². The Bertz CT molecular complexity index is 932. The van der Waals surface area contributed by atoms with E-state index in [9.17, 15) is 19.7 Å². The van der Waals surface area contributed by atoms with E-state index < -0.39 is 18.1 Å². The maximum atomic E-state index is 13.6. The van der Waals surface area contributed by atoms with Crippen molar-refractivity contribution >= 4 is 24.8 Å². The highest BCUT2D eigenvalue weighted by molar-refractivity contribution is 6.47. The second-order valence-electron chi connectivity index (χ2n) is 12.4. The molecule has 2 bridgehead atoms. The number of ether oxygens (including phenoxy) is 1. The molecule has 0 aromatic rings. The molecule has 6 atom stereocenters. The van der Waals surface area contributed by atoms with E-state index in [0.717, 1.165) is 12.8 Å². The van der Waals surface area contributed by atoms with E-state index in [2.05, 4.69) is 44.9 Å². The highest BCUT2D eigenvalue weighted by atomic mass is 16.7. The highest BCUT2D eigenvalue weighted by Crippen LogP contribution is 2.65. The molecule has 1 heterocycles. The lowest BCUT2D eigenvalue weighted by Gasteiger charge is -2.64. The molecule has 4 rings (SSSR count). The van der Waals surface area contributed by atoms with Crippen molar-refractivity contribution in [3.8, 4) is 0 Å². The molecule has 1 aliphatic heterocycles. The standard InChI is InChI=1S/C26H46BN5O7/c1-7-37-15-19(33)12-17(9-8-10-29-24(28)31-32(35)36)23(34)30-22(11-16(2)3)27-38-21-14-18-13-20(25(18,4)5)26(21,6)39-27/h16-18,20-22H,7-15H2,1-6H3,(H,30,34)(H3,28,29,31)/t17-,18+,20+,21-,22+,26+/m1/s1. The van der Waals surface area contributed by atoms with Gasteiger partial charge in [0.05, 0.1) is 17.6 Å². The molecule has 3 aliphatic carbocycles. The molecule has 4 aliphatic rings. The lowest BCUT2D eigenvalue weighted by Crippen LogP contribution is -2.65. The first-order valence-electron chi connectivity index (χ1n) is 14.2. The van der Waals surface area contributed by atoms with Gasteiger partial charge in [0.25, 0.3) is 5.96 Å². The minimum atomic E-state index is -0.787. The Hall–Kier alpha value is -2.25. The molecule has 12 nitrogen and oxygen atoms in total. The van der Waals surface area contributed by atoms with E-state index in [4.69, 9.17) is 19.8 Å². The fourth-order valence-electron chi connectivity index (χ4n) is 6.66. The summed E-state index contributed by atoms with van der Waals surface area (Å²) in [6.07, 6.45) is 3.58. The van der Waals surface area contributed by atoms with Gasteiger partial charge in [0, 0.05) is 25.5 Å². The predicted molar refractivity (Wildman–Crippen MR) is 147 cm³/mol. The lowest BCUT2D eigenvalue weighted by molar-refractivity contribution is -0.525. The van der Waals surface area contributed by atoms with Crippen LogP contribution in [0, 0.1) is 39.2 Å². The number of amides is 1. The quantitative estimate of drug-likeness (QED) is 0.0691. The van der Waals surface area contributed by atoms with Crippen molar-refractivity contribution in [2.24, 2.45) is 39.8 Å². The van der Waals surface area contributed by atoms with Gasteiger partial charge in [-0.25, -0.2) is 15.1 Å². The Morgan fingerprint density at radius 3 is 2.62 bits per heavy atom. The molecule has 39 heavy (non-hydrogen) atoms. The normalized spacial score (nSPS) is 28.8. The number of nitrogens with two attached hydrogens (primary N) is 1. The number of nitrogens with one attached hydrogen (secondary N) is 2. The minimum absolute atomic E-state index is 0.00509. The molecular weight excluding hydrogens is 505 g/mol. The molecule has 220 valence electrons. The SMILES string of the molecule is CCOCC(=O)C[C@@H](CCCN=C(N)N[N+](=O)[O-])C(=O)N[C@@H](CC(C)C)B1O[C@@H]2C[C@@H]3C[C@@H](C3(C)C)[C@]2(C)O1. The number of carbonyl (C=O) groups is 2. The number of carbonyl (C=O) groups excluding carboxylic acids is 2. The highest BCUT2D eigenvalue weighted by Gasteiger charge is 2.68. The monoisotopic (exact) mass is 551 g/mol. The topological polar surface area (TPSA) is 167 Å². The third kappa shape index (κ3) is 7.49. The number of ketones is 1. The van der Waals surface area contributed by atoms with Crippen molar-refractivity contribution in [2.45, 2.75) is 97.7 Å². The summed E-state index contributed by atoms with van der Waals surface area (Å²) >= 11 is 0. The molecule has 0 spiro atoms. The maximum absolute atomic E-state index is 13.6. The number of Topliss-reactive ketones (excluding diaryl/α,β-unsaturated/α-hetero) is 1. The lowest BCUT2D eigenvalue weighted by atomic mass is 9.43. The summed E-state index contributed by atoms with van der Waals surface area (Å²) in [4.78, 5) is 40.5. The van der Waals surface area contributed by atoms with Gasteiger partial charge in [-0.1, -0.05) is 33.1 Å². The second kappa shape index (κ2) is 12.9. The van der Waals surface area contributed by atoms with Crippen molar-refractivity contribution in [2.75, 3.05) is 19.8 Å². The number of nitro groups is 1. The first-order valence-corrected chi connectivity index (χ1v) is 14.2. The number of hydrogen-bond donors (Lipinski definition) is 3. The number of aliphatic imine (C=N–C) groups is 1. The predicted octanol–water partition coefficient (Wildman–Crippen LogP) is 2.27. The van der Waals surface area contributed by atoms with Crippen LogP contribution in [0.3, 0.4) is 0 Å². The van der Waals surface area contributed by atoms with E-state index in [0.29, 0.717) is 37.7 Å². The van der Waals surface area contributed by atoms with Crippen molar-refractivity contribution in [1.82, 2.24) is 10.7 Å². The minimum Gasteiger partial charge on any atom is -0.404 e. The van der Waals surface area contributed by atoms with Crippen LogP contribution in [0.25, 0.3) is 0 Å². The number of hydrazine groups is 1. The van der Waals surface area contributed by atoms with Crippen molar-refractivity contribution in [3.05, 3.63) is 10.1 Å². The van der Waals surface area contributed by atoms with Crippen LogP contribution in [-0.2, 0) is 23.6 Å². The fraction of sp³-hybridized carbons (Fsp3) is 0.885. The van der Waals surface area contributed by atoms with Crippen LogP contribution in [0.4, 0.5) is 0 Å². The van der Waals surface area contributed by atoms with Crippen LogP contribution in [0.1, 0.15) is 80.1 Å². The van der Waals surface area contributed by atoms with Gasteiger partial charge in [0.2, 0.25) is 5.91 Å². The van der Waals surface area contributed by atoms with Crippen LogP contribution >= 0.6 is 0 Å². The molecule has 4 fully saturated rings. The summed E-state index contributed by atoms with van der Waals surface area (Å²) in [6, 6.07) is 0. The summed E-state index contributed by atoms with van der Waals surface area (Å²) in [6.45, 7) is 13.3. The van der Waals surface area contributed by atoms with Crippen molar-refractivity contribution in [3.63, 3.8) is 0 Å². The van der Waals surface area contributed by atoms with Gasteiger partial charge in [0.15, 0.2) is 10.8 Å². The number of nitrogens with zero attached hydrogens (tertiary/aromatic N) is 2. The smallest absolute Gasteiger partial charge is 0.404 e. The molecule has 4 N–H and O–H groups in total. The first-order chi connectivity index (χ1) is 18.3. The van der Waals surface area contributed by atoms with Crippen LogP contribution in [0.15, 0.2) is 4.99 Å². The van der Waals surface area contributed by atoms with Crippen molar-refractivity contribution < 1.29 is 28.7 Å². The number of hydrogen-bond acceptors (Lipinski definition) is 8. The molecule has 13 heteroatoms. The summed E-state index contributed by atoms with van der Waals surface area (Å²) in [7, 11) is -0.557. The third-order valence-corrected chi connectivity index (χ3v) is 8.86. The number of guanidine groups is 1. The van der Waals surface area contributed by atoms with Crippen molar-refractivity contribution in [1.29, 1.82) is 0 Å². The van der Waals surface area contributed by atoms with Gasteiger partial charge >= 0.3 is 7.12 Å². The molecular formula is C26H46BN5O7. The zero-order valence-electron chi connectivity index (χ0n) is 24.2. The Morgan fingerprint density at radius 2 is 2.00 bits per heavy atom. The average molecular weight is 551 g/mol. The Morgan fingerprint density at radius 1 is 1.28 bits per heavy atom. The Kier molecular flexibility index (Phi) is 10.4. The number of rotatable bonds is 15. The molecule has 0 aromatic carbocycles. The second-order valence-corrected chi connectivity index (χ2v) is 12.4. The van der Waals surface area contributed by atoms with E-state index in [1.54, 1.807) is 12.3 Å². The Labute approximate surface area is 231 Å².